The molecule has 2 N–H and O–H groups in total. The minimum absolute atomic E-state index is 0.0518. The van der Waals surface area contributed by atoms with E-state index >= 15 is 0 Å². The topological polar surface area (TPSA) is 66.4 Å². The van der Waals surface area contributed by atoms with Crippen molar-refractivity contribution in [3.63, 3.8) is 0 Å². The number of carboxylic acids is 1. The summed E-state index contributed by atoms with van der Waals surface area (Å²) in [4.78, 5) is 22.1. The third kappa shape index (κ3) is 5.26. The first-order valence-electron chi connectivity index (χ1n) is 5.85. The Hall–Kier alpha value is -1.62. The molecule has 0 aliphatic carbocycles. The van der Waals surface area contributed by atoms with Gasteiger partial charge < -0.3 is 10.4 Å². The summed E-state index contributed by atoms with van der Waals surface area (Å²) in [6.07, 6.45) is 0.555. The van der Waals surface area contributed by atoms with E-state index in [0.717, 1.165) is 6.07 Å². The van der Waals surface area contributed by atoms with Gasteiger partial charge in [-0.25, -0.2) is 4.39 Å². The van der Waals surface area contributed by atoms with E-state index in [1.54, 1.807) is 0 Å². The molecule has 19 heavy (non-hydrogen) atoms. The van der Waals surface area contributed by atoms with Crippen molar-refractivity contribution in [1.82, 2.24) is 5.32 Å². The van der Waals surface area contributed by atoms with Gasteiger partial charge in [-0.15, -0.1) is 0 Å². The molecule has 1 unspecified atom stereocenters. The molecule has 1 amide bonds. The first kappa shape index (κ1) is 15.4. The van der Waals surface area contributed by atoms with Crippen LogP contribution in [0.4, 0.5) is 4.39 Å². The molecule has 1 atom stereocenters. The second kappa shape index (κ2) is 7.09. The second-order valence-electron chi connectivity index (χ2n) is 4.38. The van der Waals surface area contributed by atoms with Crippen LogP contribution in [-0.4, -0.2) is 23.5 Å². The second-order valence-corrected chi connectivity index (χ2v) is 4.78. The lowest BCUT2D eigenvalue weighted by molar-refractivity contribution is -0.137. The number of hydrogen-bond donors (Lipinski definition) is 2. The van der Waals surface area contributed by atoms with Gasteiger partial charge in [-0.3, -0.25) is 9.59 Å². The van der Waals surface area contributed by atoms with Gasteiger partial charge in [0.1, 0.15) is 5.82 Å². The number of halogens is 2. The van der Waals surface area contributed by atoms with Crippen molar-refractivity contribution in [2.24, 2.45) is 5.92 Å². The number of aliphatic carboxylic acids is 1. The maximum absolute atomic E-state index is 12.9. The first-order valence-corrected chi connectivity index (χ1v) is 6.23. The molecule has 0 heterocycles. The monoisotopic (exact) mass is 287 g/mol. The number of carboxylic acid groups (broad SMARTS) is 1. The van der Waals surface area contributed by atoms with Gasteiger partial charge in [-0.05, 0) is 30.5 Å². The Kier molecular flexibility index (Phi) is 5.76. The number of nitrogens with one attached hydrogen (secondary N) is 1. The fraction of sp³-hybridized carbons (Fsp3) is 0.385. The summed E-state index contributed by atoms with van der Waals surface area (Å²) in [5.41, 5.74) is 0.275. The van der Waals surface area contributed by atoms with Crippen LogP contribution in [0.3, 0.4) is 0 Å². The number of carbonyl (C=O) groups excluding carboxylic acids is 1. The fourth-order valence-corrected chi connectivity index (χ4v) is 1.66. The molecule has 104 valence electrons. The summed E-state index contributed by atoms with van der Waals surface area (Å²) in [7, 11) is 0. The molecule has 0 fully saturated rings. The van der Waals surface area contributed by atoms with Crippen molar-refractivity contribution in [3.8, 4) is 0 Å². The van der Waals surface area contributed by atoms with Crippen LogP contribution in [0.5, 0.6) is 0 Å². The zero-order valence-corrected chi connectivity index (χ0v) is 11.2. The van der Waals surface area contributed by atoms with E-state index in [2.05, 4.69) is 5.32 Å². The highest BCUT2D eigenvalue weighted by Crippen LogP contribution is 2.16. The molecule has 0 radical (unpaired) electrons. The molecule has 0 saturated heterocycles. The zero-order chi connectivity index (χ0) is 14.4. The van der Waals surface area contributed by atoms with Gasteiger partial charge in [0.25, 0.3) is 5.91 Å². The maximum Gasteiger partial charge on any atom is 0.303 e. The molecule has 6 heteroatoms. The molecule has 0 aliphatic rings. The lowest BCUT2D eigenvalue weighted by Gasteiger charge is -2.11. The van der Waals surface area contributed by atoms with Gasteiger partial charge in [0, 0.05) is 18.5 Å². The predicted molar refractivity (Wildman–Crippen MR) is 69.8 cm³/mol. The number of amides is 1. The van der Waals surface area contributed by atoms with Gasteiger partial charge >= 0.3 is 5.97 Å². The van der Waals surface area contributed by atoms with Crippen LogP contribution in [0.15, 0.2) is 18.2 Å². The van der Waals surface area contributed by atoms with Crippen molar-refractivity contribution in [2.45, 2.75) is 19.8 Å². The molecule has 1 rings (SSSR count). The summed E-state index contributed by atoms with van der Waals surface area (Å²) in [5.74, 6) is -1.74. The zero-order valence-electron chi connectivity index (χ0n) is 10.5. The molecular formula is C13H15ClFNO3. The van der Waals surface area contributed by atoms with E-state index < -0.39 is 11.8 Å². The highest BCUT2D eigenvalue weighted by Gasteiger charge is 2.11. The Morgan fingerprint density at radius 1 is 1.47 bits per heavy atom. The average Bonchev–Trinajstić information content (AvgIpc) is 2.36. The first-order chi connectivity index (χ1) is 8.90. The Balaban J connectivity index is 2.46. The van der Waals surface area contributed by atoms with Crippen LogP contribution in [0.2, 0.25) is 5.02 Å². The fourth-order valence-electron chi connectivity index (χ4n) is 1.48. The summed E-state index contributed by atoms with van der Waals surface area (Å²) in [6.45, 7) is 2.21. The Labute approximate surface area is 115 Å². The van der Waals surface area contributed by atoms with Crippen LogP contribution in [-0.2, 0) is 4.79 Å². The molecular weight excluding hydrogens is 273 g/mol. The van der Waals surface area contributed by atoms with E-state index in [0.29, 0.717) is 13.0 Å². The van der Waals surface area contributed by atoms with Crippen LogP contribution in [0, 0.1) is 11.7 Å². The minimum Gasteiger partial charge on any atom is -0.481 e. The highest BCUT2D eigenvalue weighted by molar-refractivity contribution is 6.31. The Morgan fingerprint density at radius 2 is 2.16 bits per heavy atom. The quantitative estimate of drug-likeness (QED) is 0.845. The number of rotatable bonds is 6. The summed E-state index contributed by atoms with van der Waals surface area (Å²) < 4.78 is 12.9. The highest BCUT2D eigenvalue weighted by atomic mass is 35.5. The van der Waals surface area contributed by atoms with Gasteiger partial charge in [0.05, 0.1) is 5.02 Å². The molecule has 1 aromatic rings. The standard InChI is InChI=1S/C13H15ClFNO3/c1-8(2-5-12(17)18)7-16-13(19)9-3-4-11(15)10(14)6-9/h3-4,6,8H,2,5,7H2,1H3,(H,16,19)(H,17,18). The largest absolute Gasteiger partial charge is 0.481 e. The SMILES string of the molecule is CC(CCC(=O)O)CNC(=O)c1ccc(F)c(Cl)c1. The van der Waals surface area contributed by atoms with Crippen molar-refractivity contribution in [2.75, 3.05) is 6.54 Å². The lowest BCUT2D eigenvalue weighted by Crippen LogP contribution is -2.28. The van der Waals surface area contributed by atoms with Gasteiger partial charge in [-0.1, -0.05) is 18.5 Å². The van der Waals surface area contributed by atoms with Crippen molar-refractivity contribution in [1.29, 1.82) is 0 Å². The van der Waals surface area contributed by atoms with E-state index in [9.17, 15) is 14.0 Å². The third-order valence-corrected chi connectivity index (χ3v) is 2.93. The molecule has 4 nitrogen and oxygen atoms in total. The molecule has 0 bridgehead atoms. The molecule has 0 saturated carbocycles. The van der Waals surface area contributed by atoms with E-state index in [-0.39, 0.29) is 28.8 Å². The number of hydrogen-bond acceptors (Lipinski definition) is 2. The van der Waals surface area contributed by atoms with E-state index in [1.807, 2.05) is 6.92 Å². The summed E-state index contributed by atoms with van der Waals surface area (Å²) in [6, 6.07) is 3.73. The van der Waals surface area contributed by atoms with Crippen molar-refractivity contribution >= 4 is 23.5 Å². The van der Waals surface area contributed by atoms with E-state index in [4.69, 9.17) is 16.7 Å². The van der Waals surface area contributed by atoms with Crippen LogP contribution < -0.4 is 5.32 Å². The number of benzene rings is 1. The molecule has 0 aromatic heterocycles. The third-order valence-electron chi connectivity index (χ3n) is 2.64. The molecule has 0 spiro atoms. The molecule has 0 aliphatic heterocycles. The van der Waals surface area contributed by atoms with Crippen molar-refractivity contribution < 1.29 is 19.1 Å². The minimum atomic E-state index is -0.858. The average molecular weight is 288 g/mol. The van der Waals surface area contributed by atoms with Crippen molar-refractivity contribution in [3.05, 3.63) is 34.6 Å². The smallest absolute Gasteiger partial charge is 0.303 e. The van der Waals surface area contributed by atoms with Crippen LogP contribution in [0.1, 0.15) is 30.1 Å². The number of carbonyl (C=O) groups is 2. The lowest BCUT2D eigenvalue weighted by atomic mass is 10.1. The van der Waals surface area contributed by atoms with Crippen LogP contribution in [0.25, 0.3) is 0 Å². The normalized spacial score (nSPS) is 11.9. The predicted octanol–water partition coefficient (Wildman–Crippen LogP) is 2.71. The van der Waals surface area contributed by atoms with Crippen LogP contribution >= 0.6 is 11.6 Å². The van der Waals surface area contributed by atoms with Gasteiger partial charge in [0.2, 0.25) is 0 Å². The Bertz CT molecular complexity index is 479. The van der Waals surface area contributed by atoms with Gasteiger partial charge in [0.15, 0.2) is 0 Å². The summed E-state index contributed by atoms with van der Waals surface area (Å²) >= 11 is 5.58. The van der Waals surface area contributed by atoms with Gasteiger partial charge in [-0.2, -0.15) is 0 Å². The summed E-state index contributed by atoms with van der Waals surface area (Å²) in [5, 5.41) is 11.1. The van der Waals surface area contributed by atoms with E-state index in [1.165, 1.54) is 12.1 Å². The maximum atomic E-state index is 12.9. The Morgan fingerprint density at radius 3 is 2.74 bits per heavy atom. The molecule has 1 aromatic carbocycles.